The van der Waals surface area contributed by atoms with Crippen molar-refractivity contribution in [2.75, 3.05) is 5.32 Å². The summed E-state index contributed by atoms with van der Waals surface area (Å²) in [5.41, 5.74) is 2.16. The standard InChI is InChI=1S/C22H19N3O2S/c1-14-7-9-17(10-8-14)21-24-25-22(28-21)23-20(26)15(2)27-19-12-11-16-5-3-4-6-18(16)13-19/h3-13,15H,1-2H3,(H,23,25,26). The fraction of sp³-hybridized carbons (Fsp3) is 0.136. The zero-order chi connectivity index (χ0) is 19.5. The van der Waals surface area contributed by atoms with Crippen LogP contribution < -0.4 is 10.1 Å². The van der Waals surface area contributed by atoms with Gasteiger partial charge in [0.05, 0.1) is 0 Å². The van der Waals surface area contributed by atoms with Crippen LogP contribution >= 0.6 is 11.3 Å². The maximum atomic E-state index is 12.5. The normalized spacial score (nSPS) is 11.9. The van der Waals surface area contributed by atoms with Gasteiger partial charge in [0.15, 0.2) is 6.10 Å². The summed E-state index contributed by atoms with van der Waals surface area (Å²) in [6.07, 6.45) is -0.659. The van der Waals surface area contributed by atoms with Crippen LogP contribution in [-0.2, 0) is 4.79 Å². The minimum atomic E-state index is -0.659. The van der Waals surface area contributed by atoms with E-state index in [1.54, 1.807) is 6.92 Å². The molecule has 4 aromatic rings. The number of rotatable bonds is 5. The van der Waals surface area contributed by atoms with Crippen LogP contribution in [0.15, 0.2) is 66.7 Å². The van der Waals surface area contributed by atoms with Gasteiger partial charge in [0, 0.05) is 5.56 Å². The molecule has 6 heteroatoms. The lowest BCUT2D eigenvalue weighted by molar-refractivity contribution is -0.122. The molecule has 3 aromatic carbocycles. The number of ether oxygens (including phenoxy) is 1. The predicted octanol–water partition coefficient (Wildman–Crippen LogP) is 5.07. The van der Waals surface area contributed by atoms with Gasteiger partial charge in [0.2, 0.25) is 5.13 Å². The van der Waals surface area contributed by atoms with Crippen molar-refractivity contribution >= 4 is 33.1 Å². The molecule has 140 valence electrons. The Balaban J connectivity index is 1.42. The van der Waals surface area contributed by atoms with E-state index < -0.39 is 6.10 Å². The fourth-order valence-corrected chi connectivity index (χ4v) is 3.54. The number of hydrogen-bond donors (Lipinski definition) is 1. The summed E-state index contributed by atoms with van der Waals surface area (Å²) < 4.78 is 5.81. The second-order valence-electron chi connectivity index (χ2n) is 6.54. The SMILES string of the molecule is Cc1ccc(-c2nnc(NC(=O)C(C)Oc3ccc4ccccc4c3)s2)cc1. The van der Waals surface area contributed by atoms with E-state index in [-0.39, 0.29) is 5.91 Å². The largest absolute Gasteiger partial charge is 0.481 e. The lowest BCUT2D eigenvalue weighted by Crippen LogP contribution is -2.30. The third kappa shape index (κ3) is 4.02. The Labute approximate surface area is 167 Å². The van der Waals surface area contributed by atoms with Gasteiger partial charge in [0.25, 0.3) is 5.91 Å². The summed E-state index contributed by atoms with van der Waals surface area (Å²) in [6, 6.07) is 21.8. The Kier molecular flexibility index (Phi) is 5.04. The smallest absolute Gasteiger partial charge is 0.266 e. The number of fused-ring (bicyclic) bond motifs is 1. The highest BCUT2D eigenvalue weighted by Gasteiger charge is 2.17. The molecule has 1 amide bonds. The van der Waals surface area contributed by atoms with E-state index in [0.717, 1.165) is 21.3 Å². The molecule has 4 rings (SSSR count). The van der Waals surface area contributed by atoms with Gasteiger partial charge in [-0.3, -0.25) is 10.1 Å². The van der Waals surface area contributed by atoms with Crippen LogP contribution in [0.5, 0.6) is 5.75 Å². The number of carbonyl (C=O) groups is 1. The molecule has 0 aliphatic rings. The van der Waals surface area contributed by atoms with E-state index in [9.17, 15) is 4.79 Å². The molecule has 0 saturated carbocycles. The molecule has 1 atom stereocenters. The van der Waals surface area contributed by atoms with Crippen LogP contribution in [0, 0.1) is 6.92 Å². The van der Waals surface area contributed by atoms with Gasteiger partial charge in [-0.1, -0.05) is 71.5 Å². The van der Waals surface area contributed by atoms with E-state index >= 15 is 0 Å². The second-order valence-corrected chi connectivity index (χ2v) is 7.51. The van der Waals surface area contributed by atoms with Gasteiger partial charge in [-0.25, -0.2) is 0 Å². The van der Waals surface area contributed by atoms with Crippen LogP contribution in [0.1, 0.15) is 12.5 Å². The quantitative estimate of drug-likeness (QED) is 0.517. The van der Waals surface area contributed by atoms with E-state index in [0.29, 0.717) is 10.9 Å². The molecule has 1 aromatic heterocycles. The lowest BCUT2D eigenvalue weighted by Gasteiger charge is -2.14. The van der Waals surface area contributed by atoms with Crippen LogP contribution in [0.4, 0.5) is 5.13 Å². The molecule has 0 saturated heterocycles. The van der Waals surface area contributed by atoms with Gasteiger partial charge in [0.1, 0.15) is 10.8 Å². The number of aryl methyl sites for hydroxylation is 1. The van der Waals surface area contributed by atoms with Crippen molar-refractivity contribution in [2.24, 2.45) is 0 Å². The third-order valence-electron chi connectivity index (χ3n) is 4.36. The number of nitrogens with zero attached hydrogens (tertiary/aromatic N) is 2. The Morgan fingerprint density at radius 3 is 2.54 bits per heavy atom. The second kappa shape index (κ2) is 7.78. The van der Waals surface area contributed by atoms with E-state index in [1.165, 1.54) is 16.9 Å². The minimum absolute atomic E-state index is 0.264. The third-order valence-corrected chi connectivity index (χ3v) is 5.24. The van der Waals surface area contributed by atoms with Gasteiger partial charge in [-0.05, 0) is 36.8 Å². The molecule has 1 unspecified atom stereocenters. The monoisotopic (exact) mass is 389 g/mol. The van der Waals surface area contributed by atoms with E-state index in [4.69, 9.17) is 4.74 Å². The molecule has 0 aliphatic carbocycles. The van der Waals surface area contributed by atoms with Crippen molar-refractivity contribution in [1.29, 1.82) is 0 Å². The highest BCUT2D eigenvalue weighted by molar-refractivity contribution is 7.18. The Morgan fingerprint density at radius 1 is 1.00 bits per heavy atom. The molecule has 0 aliphatic heterocycles. The summed E-state index contributed by atoms with van der Waals surface area (Å²) >= 11 is 1.34. The first-order valence-corrected chi connectivity index (χ1v) is 9.77. The highest BCUT2D eigenvalue weighted by Crippen LogP contribution is 2.27. The lowest BCUT2D eigenvalue weighted by atomic mass is 10.1. The Hall–Kier alpha value is -3.25. The Bertz CT molecular complexity index is 1120. The zero-order valence-corrected chi connectivity index (χ0v) is 16.4. The maximum absolute atomic E-state index is 12.5. The average Bonchev–Trinajstić information content (AvgIpc) is 3.17. The molecule has 0 spiro atoms. The molecule has 0 fully saturated rings. The average molecular weight is 389 g/mol. The van der Waals surface area contributed by atoms with E-state index in [2.05, 4.69) is 15.5 Å². The highest BCUT2D eigenvalue weighted by atomic mass is 32.1. The first-order chi connectivity index (χ1) is 13.6. The van der Waals surface area contributed by atoms with Crippen LogP contribution in [-0.4, -0.2) is 22.2 Å². The fourth-order valence-electron chi connectivity index (χ4n) is 2.79. The van der Waals surface area contributed by atoms with Crippen LogP contribution in [0.3, 0.4) is 0 Å². The van der Waals surface area contributed by atoms with Crippen molar-refractivity contribution in [2.45, 2.75) is 20.0 Å². The number of nitrogens with one attached hydrogen (secondary N) is 1. The van der Waals surface area contributed by atoms with Gasteiger partial charge in [-0.15, -0.1) is 10.2 Å². The van der Waals surface area contributed by atoms with Crippen molar-refractivity contribution in [3.63, 3.8) is 0 Å². The summed E-state index contributed by atoms with van der Waals surface area (Å²) in [4.78, 5) is 12.5. The van der Waals surface area contributed by atoms with Crippen LogP contribution in [0.2, 0.25) is 0 Å². The minimum Gasteiger partial charge on any atom is -0.481 e. The maximum Gasteiger partial charge on any atom is 0.266 e. The van der Waals surface area contributed by atoms with Gasteiger partial charge in [-0.2, -0.15) is 0 Å². The van der Waals surface area contributed by atoms with Gasteiger partial charge < -0.3 is 4.74 Å². The topological polar surface area (TPSA) is 64.1 Å². The molecule has 1 N–H and O–H groups in total. The predicted molar refractivity (Wildman–Crippen MR) is 113 cm³/mol. The molecular weight excluding hydrogens is 370 g/mol. The van der Waals surface area contributed by atoms with Gasteiger partial charge >= 0.3 is 0 Å². The number of aromatic nitrogens is 2. The number of anilines is 1. The van der Waals surface area contributed by atoms with Crippen LogP contribution in [0.25, 0.3) is 21.3 Å². The molecule has 0 radical (unpaired) electrons. The summed E-state index contributed by atoms with van der Waals surface area (Å²) in [6.45, 7) is 3.75. The first kappa shape index (κ1) is 18.1. The summed E-state index contributed by atoms with van der Waals surface area (Å²) in [7, 11) is 0. The number of benzene rings is 3. The first-order valence-electron chi connectivity index (χ1n) is 8.95. The van der Waals surface area contributed by atoms with Crippen molar-refractivity contribution < 1.29 is 9.53 Å². The zero-order valence-electron chi connectivity index (χ0n) is 15.5. The van der Waals surface area contributed by atoms with Crippen molar-refractivity contribution in [1.82, 2.24) is 10.2 Å². The molecule has 28 heavy (non-hydrogen) atoms. The molecule has 5 nitrogen and oxygen atoms in total. The number of amides is 1. The van der Waals surface area contributed by atoms with Crippen molar-refractivity contribution in [3.05, 3.63) is 72.3 Å². The van der Waals surface area contributed by atoms with E-state index in [1.807, 2.05) is 73.7 Å². The van der Waals surface area contributed by atoms with Crippen molar-refractivity contribution in [3.8, 4) is 16.3 Å². The Morgan fingerprint density at radius 2 is 1.75 bits per heavy atom. The molecule has 0 bridgehead atoms. The molecular formula is C22H19N3O2S. The molecule has 1 heterocycles. The summed E-state index contributed by atoms with van der Waals surface area (Å²) in [5, 5.41) is 14.4. The summed E-state index contributed by atoms with van der Waals surface area (Å²) in [5.74, 6) is 0.388. The number of hydrogen-bond acceptors (Lipinski definition) is 5. The number of carbonyl (C=O) groups excluding carboxylic acids is 1.